The van der Waals surface area contributed by atoms with Gasteiger partial charge >= 0.3 is 0 Å². The molecule has 0 aliphatic heterocycles. The van der Waals surface area contributed by atoms with Crippen molar-refractivity contribution in [1.82, 2.24) is 0 Å². The van der Waals surface area contributed by atoms with E-state index in [9.17, 15) is 13.6 Å². The van der Waals surface area contributed by atoms with Crippen LogP contribution >= 0.6 is 11.8 Å². The second-order valence-electron chi connectivity index (χ2n) is 5.61. The highest BCUT2D eigenvalue weighted by Crippen LogP contribution is 2.27. The first-order chi connectivity index (χ1) is 13.0. The van der Waals surface area contributed by atoms with Crippen LogP contribution in [0.25, 0.3) is 10.8 Å². The predicted octanol–water partition coefficient (Wildman–Crippen LogP) is 5.18. The molecular formula is C20H17F2NO3S. The number of benzene rings is 3. The lowest BCUT2D eigenvalue weighted by Gasteiger charge is -2.09. The standard InChI is InChI=1S/C20H17F2NO3S/c1-25-16-6-2-13-3-7-17(11-14(13)10-16)26-12-19(24)23-15-4-8-18(9-5-15)27-20(21)22/h2-11,20H,12H2,1H3,(H,23,24). The van der Waals surface area contributed by atoms with E-state index in [-0.39, 0.29) is 12.5 Å². The molecule has 0 fully saturated rings. The van der Waals surface area contributed by atoms with E-state index in [0.29, 0.717) is 28.1 Å². The number of alkyl halides is 2. The summed E-state index contributed by atoms with van der Waals surface area (Å²) >= 11 is 0.457. The van der Waals surface area contributed by atoms with Crippen molar-refractivity contribution in [2.45, 2.75) is 10.7 Å². The molecule has 1 N–H and O–H groups in total. The number of hydrogen-bond donors (Lipinski definition) is 1. The van der Waals surface area contributed by atoms with E-state index in [1.54, 1.807) is 25.3 Å². The first-order valence-corrected chi connectivity index (χ1v) is 8.97. The van der Waals surface area contributed by atoms with Crippen molar-refractivity contribution in [1.29, 1.82) is 0 Å². The van der Waals surface area contributed by atoms with Crippen molar-refractivity contribution in [3.05, 3.63) is 60.7 Å². The quantitative estimate of drug-likeness (QED) is 0.566. The van der Waals surface area contributed by atoms with Crippen molar-refractivity contribution in [3.8, 4) is 11.5 Å². The molecule has 0 radical (unpaired) electrons. The van der Waals surface area contributed by atoms with Gasteiger partial charge in [0.05, 0.1) is 7.11 Å². The van der Waals surface area contributed by atoms with Crippen LogP contribution in [0.5, 0.6) is 11.5 Å². The van der Waals surface area contributed by atoms with Gasteiger partial charge in [-0.2, -0.15) is 8.78 Å². The largest absolute Gasteiger partial charge is 0.497 e. The summed E-state index contributed by atoms with van der Waals surface area (Å²) < 4.78 is 35.4. The van der Waals surface area contributed by atoms with Gasteiger partial charge in [-0.1, -0.05) is 23.9 Å². The lowest BCUT2D eigenvalue weighted by molar-refractivity contribution is -0.118. The summed E-state index contributed by atoms with van der Waals surface area (Å²) in [6, 6.07) is 17.5. The molecule has 0 saturated heterocycles. The van der Waals surface area contributed by atoms with Crippen LogP contribution in [0.15, 0.2) is 65.6 Å². The van der Waals surface area contributed by atoms with Gasteiger partial charge in [-0.3, -0.25) is 4.79 Å². The van der Waals surface area contributed by atoms with E-state index in [4.69, 9.17) is 9.47 Å². The zero-order chi connectivity index (χ0) is 19.2. The van der Waals surface area contributed by atoms with Crippen molar-refractivity contribution in [3.63, 3.8) is 0 Å². The third-order valence-electron chi connectivity index (χ3n) is 3.75. The average molecular weight is 389 g/mol. The molecule has 7 heteroatoms. The van der Waals surface area contributed by atoms with Crippen LogP contribution in [0.4, 0.5) is 14.5 Å². The number of hydrogen-bond acceptors (Lipinski definition) is 4. The maximum atomic E-state index is 12.3. The van der Waals surface area contributed by atoms with Crippen molar-refractivity contribution in [2.75, 3.05) is 19.0 Å². The van der Waals surface area contributed by atoms with Gasteiger partial charge < -0.3 is 14.8 Å². The summed E-state index contributed by atoms with van der Waals surface area (Å²) in [7, 11) is 1.60. The van der Waals surface area contributed by atoms with Gasteiger partial charge in [0.1, 0.15) is 11.5 Å². The van der Waals surface area contributed by atoms with Crippen LogP contribution in [-0.2, 0) is 4.79 Å². The molecule has 0 spiro atoms. The number of anilines is 1. The zero-order valence-corrected chi connectivity index (χ0v) is 15.3. The van der Waals surface area contributed by atoms with Crippen molar-refractivity contribution < 1.29 is 23.0 Å². The maximum Gasteiger partial charge on any atom is 0.288 e. The number of ether oxygens (including phenoxy) is 2. The highest BCUT2D eigenvalue weighted by atomic mass is 32.2. The minimum atomic E-state index is -2.47. The van der Waals surface area contributed by atoms with Crippen LogP contribution in [0.3, 0.4) is 0 Å². The minimum Gasteiger partial charge on any atom is -0.497 e. The normalized spacial score (nSPS) is 10.8. The third kappa shape index (κ3) is 5.34. The number of methoxy groups -OCH3 is 1. The van der Waals surface area contributed by atoms with Gasteiger partial charge in [0.25, 0.3) is 11.7 Å². The van der Waals surface area contributed by atoms with Crippen LogP contribution in [0.1, 0.15) is 0 Å². The van der Waals surface area contributed by atoms with E-state index < -0.39 is 5.76 Å². The highest BCUT2D eigenvalue weighted by Gasteiger charge is 2.07. The number of halogens is 2. The number of carbonyl (C=O) groups excluding carboxylic acids is 1. The lowest BCUT2D eigenvalue weighted by Crippen LogP contribution is -2.20. The smallest absolute Gasteiger partial charge is 0.288 e. The molecule has 1 amide bonds. The Morgan fingerprint density at radius 1 is 1.00 bits per heavy atom. The van der Waals surface area contributed by atoms with E-state index in [2.05, 4.69) is 5.32 Å². The zero-order valence-electron chi connectivity index (χ0n) is 14.4. The van der Waals surface area contributed by atoms with Crippen LogP contribution in [0, 0.1) is 0 Å². The van der Waals surface area contributed by atoms with Crippen LogP contribution < -0.4 is 14.8 Å². The number of carbonyl (C=O) groups is 1. The maximum absolute atomic E-state index is 12.3. The Balaban J connectivity index is 1.57. The van der Waals surface area contributed by atoms with Gasteiger partial charge in [0, 0.05) is 10.6 Å². The second-order valence-corrected chi connectivity index (χ2v) is 6.68. The SMILES string of the molecule is COc1ccc2ccc(OCC(=O)Nc3ccc(SC(F)F)cc3)cc2c1. The molecule has 0 heterocycles. The van der Waals surface area contributed by atoms with Crippen LogP contribution in [0.2, 0.25) is 0 Å². The van der Waals surface area contributed by atoms with E-state index in [1.807, 2.05) is 30.3 Å². The van der Waals surface area contributed by atoms with E-state index in [0.717, 1.165) is 16.5 Å². The molecule has 140 valence electrons. The van der Waals surface area contributed by atoms with Gasteiger partial charge in [0.2, 0.25) is 0 Å². The topological polar surface area (TPSA) is 47.6 Å². The fourth-order valence-corrected chi connectivity index (χ4v) is 2.98. The van der Waals surface area contributed by atoms with Gasteiger partial charge in [-0.05, 0) is 59.3 Å². The molecule has 0 aliphatic carbocycles. The molecule has 0 bridgehead atoms. The Bertz CT molecular complexity index is 932. The number of fused-ring (bicyclic) bond motifs is 1. The number of amides is 1. The fraction of sp³-hybridized carbons (Fsp3) is 0.150. The number of rotatable bonds is 7. The Kier molecular flexibility index (Phi) is 6.13. The molecule has 0 aromatic heterocycles. The molecule has 0 saturated carbocycles. The summed E-state index contributed by atoms with van der Waals surface area (Å²) in [5.74, 6) is -1.50. The summed E-state index contributed by atoms with van der Waals surface area (Å²) in [5, 5.41) is 4.65. The Hall–Kier alpha value is -2.80. The molecule has 0 atom stereocenters. The first-order valence-electron chi connectivity index (χ1n) is 8.09. The predicted molar refractivity (Wildman–Crippen MR) is 103 cm³/mol. The molecule has 0 unspecified atom stereocenters. The summed E-state index contributed by atoms with van der Waals surface area (Å²) in [4.78, 5) is 12.5. The molecular weight excluding hydrogens is 372 g/mol. The van der Waals surface area contributed by atoms with E-state index in [1.165, 1.54) is 12.1 Å². The number of thioether (sulfide) groups is 1. The van der Waals surface area contributed by atoms with Gasteiger partial charge in [-0.15, -0.1) is 0 Å². The summed E-state index contributed by atoms with van der Waals surface area (Å²) in [5.41, 5.74) is 0.519. The summed E-state index contributed by atoms with van der Waals surface area (Å²) in [6.45, 7) is -0.164. The van der Waals surface area contributed by atoms with Crippen molar-refractivity contribution in [2.24, 2.45) is 0 Å². The Morgan fingerprint density at radius 3 is 2.33 bits per heavy atom. The minimum absolute atomic E-state index is 0.164. The molecule has 3 aromatic rings. The monoisotopic (exact) mass is 389 g/mol. The first kappa shape index (κ1) is 19.0. The van der Waals surface area contributed by atoms with Crippen molar-refractivity contribution >= 4 is 34.1 Å². The lowest BCUT2D eigenvalue weighted by atomic mass is 10.1. The average Bonchev–Trinajstić information content (AvgIpc) is 2.67. The Labute approximate surface area is 159 Å². The molecule has 4 nitrogen and oxygen atoms in total. The molecule has 0 aliphatic rings. The molecule has 3 rings (SSSR count). The molecule has 3 aromatic carbocycles. The molecule has 27 heavy (non-hydrogen) atoms. The van der Waals surface area contributed by atoms with Gasteiger partial charge in [0.15, 0.2) is 6.61 Å². The highest BCUT2D eigenvalue weighted by molar-refractivity contribution is 7.99. The van der Waals surface area contributed by atoms with Gasteiger partial charge in [-0.25, -0.2) is 0 Å². The number of nitrogens with one attached hydrogen (secondary N) is 1. The third-order valence-corrected chi connectivity index (χ3v) is 4.47. The van der Waals surface area contributed by atoms with E-state index >= 15 is 0 Å². The summed E-state index contributed by atoms with van der Waals surface area (Å²) in [6.07, 6.45) is 0. The van der Waals surface area contributed by atoms with Crippen LogP contribution in [-0.4, -0.2) is 25.4 Å². The fourth-order valence-electron chi connectivity index (χ4n) is 2.49. The second kappa shape index (κ2) is 8.73. The Morgan fingerprint density at radius 2 is 1.67 bits per heavy atom.